The Labute approximate surface area is 149 Å². The lowest BCUT2D eigenvalue weighted by Crippen LogP contribution is -2.38. The monoisotopic (exact) mass is 343 g/mol. The number of hydrogen-bond acceptors (Lipinski definition) is 2. The van der Waals surface area contributed by atoms with Crippen molar-refractivity contribution in [1.29, 1.82) is 0 Å². The van der Waals surface area contributed by atoms with Crippen LogP contribution in [0.2, 0.25) is 0 Å². The molecule has 0 radical (unpaired) electrons. The maximum Gasteiger partial charge on any atom is 0.191 e. The number of hydrogen-bond donors (Lipinski definition) is 2. The molecule has 134 valence electrons. The summed E-state index contributed by atoms with van der Waals surface area (Å²) < 4.78 is 18.8. The first kappa shape index (κ1) is 18.9. The van der Waals surface area contributed by atoms with E-state index in [1.807, 2.05) is 37.3 Å². The highest BCUT2D eigenvalue weighted by Crippen LogP contribution is 2.08. The topological polar surface area (TPSA) is 45.7 Å². The zero-order chi connectivity index (χ0) is 17.9. The van der Waals surface area contributed by atoms with Crippen LogP contribution in [-0.4, -0.2) is 26.2 Å². The van der Waals surface area contributed by atoms with Gasteiger partial charge < -0.3 is 15.4 Å². The summed E-state index contributed by atoms with van der Waals surface area (Å²) in [6, 6.07) is 15.0. The van der Waals surface area contributed by atoms with Gasteiger partial charge in [0.2, 0.25) is 0 Å². The van der Waals surface area contributed by atoms with Crippen molar-refractivity contribution in [1.82, 2.24) is 10.6 Å². The second-order valence-corrected chi connectivity index (χ2v) is 5.72. The lowest BCUT2D eigenvalue weighted by Gasteiger charge is -2.12. The first-order chi connectivity index (χ1) is 12.2. The number of guanidine groups is 1. The Morgan fingerprint density at radius 1 is 1.08 bits per heavy atom. The highest BCUT2D eigenvalue weighted by atomic mass is 19.1. The van der Waals surface area contributed by atoms with Crippen LogP contribution in [0.5, 0.6) is 0 Å². The van der Waals surface area contributed by atoms with E-state index in [0.717, 1.165) is 23.6 Å². The molecule has 0 amide bonds. The molecule has 4 nitrogen and oxygen atoms in total. The first-order valence-electron chi connectivity index (χ1n) is 8.55. The average Bonchev–Trinajstić information content (AvgIpc) is 2.62. The van der Waals surface area contributed by atoms with E-state index in [2.05, 4.69) is 21.7 Å². The van der Waals surface area contributed by atoms with Crippen molar-refractivity contribution in [2.75, 3.05) is 20.2 Å². The molecule has 0 saturated carbocycles. The van der Waals surface area contributed by atoms with Crippen LogP contribution >= 0.6 is 0 Å². The highest BCUT2D eigenvalue weighted by Gasteiger charge is 2.02. The molecule has 0 aromatic heterocycles. The van der Waals surface area contributed by atoms with Crippen molar-refractivity contribution in [2.45, 2.75) is 26.5 Å². The maximum atomic E-state index is 13.6. The summed E-state index contributed by atoms with van der Waals surface area (Å²) in [4.78, 5) is 4.60. The zero-order valence-electron chi connectivity index (χ0n) is 14.9. The van der Waals surface area contributed by atoms with Crippen molar-refractivity contribution in [3.63, 3.8) is 0 Å². The Bertz CT molecular complexity index is 688. The number of rotatable bonds is 8. The molecule has 2 rings (SSSR count). The third-order valence-electron chi connectivity index (χ3n) is 3.71. The van der Waals surface area contributed by atoms with Gasteiger partial charge in [0.25, 0.3) is 0 Å². The normalized spacial score (nSPS) is 11.4. The third-order valence-corrected chi connectivity index (χ3v) is 3.71. The molecular weight excluding hydrogens is 317 g/mol. The van der Waals surface area contributed by atoms with Crippen LogP contribution in [0.4, 0.5) is 4.39 Å². The molecule has 5 heteroatoms. The largest absolute Gasteiger partial charge is 0.380 e. The van der Waals surface area contributed by atoms with Crippen LogP contribution < -0.4 is 10.6 Å². The quantitative estimate of drug-likeness (QED) is 0.571. The minimum Gasteiger partial charge on any atom is -0.380 e. The number of nitrogens with one attached hydrogen (secondary N) is 2. The van der Waals surface area contributed by atoms with Crippen LogP contribution in [0, 0.1) is 5.82 Å². The molecule has 0 atom stereocenters. The van der Waals surface area contributed by atoms with Crippen molar-refractivity contribution in [2.24, 2.45) is 4.99 Å². The zero-order valence-corrected chi connectivity index (χ0v) is 14.9. The second-order valence-electron chi connectivity index (χ2n) is 5.72. The lowest BCUT2D eigenvalue weighted by molar-refractivity contribution is 0.185. The summed E-state index contributed by atoms with van der Waals surface area (Å²) in [5.74, 6) is 0.567. The van der Waals surface area contributed by atoms with E-state index in [1.165, 1.54) is 6.07 Å². The molecule has 0 heterocycles. The standard InChI is InChI=1S/C20H26FN3O/c1-3-22-20(23-12-11-18-9-4-5-10-19(18)21)24-14-16-7-6-8-17(13-16)15-25-2/h4-10,13H,3,11-12,14-15H2,1-2H3,(H2,22,23,24). The van der Waals surface area contributed by atoms with Crippen LogP contribution in [-0.2, 0) is 24.3 Å². The smallest absolute Gasteiger partial charge is 0.191 e. The highest BCUT2D eigenvalue weighted by molar-refractivity contribution is 5.79. The van der Waals surface area contributed by atoms with Gasteiger partial charge in [0.15, 0.2) is 5.96 Å². The average molecular weight is 343 g/mol. The van der Waals surface area contributed by atoms with Crippen molar-refractivity contribution >= 4 is 5.96 Å². The number of benzene rings is 2. The Morgan fingerprint density at radius 3 is 2.64 bits per heavy atom. The molecule has 0 fully saturated rings. The fourth-order valence-electron chi connectivity index (χ4n) is 2.51. The first-order valence-corrected chi connectivity index (χ1v) is 8.55. The third kappa shape index (κ3) is 6.55. The molecular formula is C20H26FN3O. The SMILES string of the molecule is CCNC(=NCc1cccc(COC)c1)NCCc1ccccc1F. The van der Waals surface area contributed by atoms with Gasteiger partial charge in [-0.3, -0.25) is 0 Å². The molecule has 2 aromatic carbocycles. The lowest BCUT2D eigenvalue weighted by atomic mass is 10.1. The van der Waals surface area contributed by atoms with Gasteiger partial charge in [-0.05, 0) is 36.1 Å². The van der Waals surface area contributed by atoms with E-state index in [-0.39, 0.29) is 5.82 Å². The summed E-state index contributed by atoms with van der Waals surface area (Å²) in [5, 5.41) is 6.47. The summed E-state index contributed by atoms with van der Waals surface area (Å²) in [5.41, 5.74) is 2.96. The van der Waals surface area contributed by atoms with E-state index >= 15 is 0 Å². The molecule has 0 saturated heterocycles. The summed E-state index contributed by atoms with van der Waals surface area (Å²) in [6.45, 7) is 4.59. The van der Waals surface area contributed by atoms with Crippen LogP contribution in [0.25, 0.3) is 0 Å². The van der Waals surface area contributed by atoms with Gasteiger partial charge in [0.05, 0.1) is 13.2 Å². The van der Waals surface area contributed by atoms with Gasteiger partial charge >= 0.3 is 0 Å². The molecule has 0 aliphatic rings. The summed E-state index contributed by atoms with van der Waals surface area (Å²) in [7, 11) is 1.69. The van der Waals surface area contributed by atoms with E-state index in [4.69, 9.17) is 4.74 Å². The Kier molecular flexibility index (Phi) is 7.92. The van der Waals surface area contributed by atoms with Gasteiger partial charge in [0.1, 0.15) is 5.82 Å². The molecule has 0 aliphatic carbocycles. The number of aliphatic imine (C=N–C) groups is 1. The van der Waals surface area contributed by atoms with Crippen LogP contribution in [0.1, 0.15) is 23.6 Å². The maximum absolute atomic E-state index is 13.6. The minimum absolute atomic E-state index is 0.166. The molecule has 2 N–H and O–H groups in total. The van der Waals surface area contributed by atoms with Crippen molar-refractivity contribution in [3.8, 4) is 0 Å². The molecule has 0 bridgehead atoms. The van der Waals surface area contributed by atoms with E-state index in [0.29, 0.717) is 31.7 Å². The molecule has 0 aliphatic heterocycles. The van der Waals surface area contributed by atoms with Crippen molar-refractivity contribution in [3.05, 3.63) is 71.0 Å². The predicted molar refractivity (Wildman–Crippen MR) is 100 cm³/mol. The van der Waals surface area contributed by atoms with Crippen LogP contribution in [0.3, 0.4) is 0 Å². The van der Waals surface area contributed by atoms with Gasteiger partial charge in [-0.2, -0.15) is 0 Å². The van der Waals surface area contributed by atoms with Gasteiger partial charge in [-0.15, -0.1) is 0 Å². The molecule has 0 spiro atoms. The van der Waals surface area contributed by atoms with Gasteiger partial charge in [-0.1, -0.05) is 42.5 Å². The fourth-order valence-corrected chi connectivity index (χ4v) is 2.51. The Morgan fingerprint density at radius 2 is 1.88 bits per heavy atom. The number of ether oxygens (including phenoxy) is 1. The number of nitrogens with zero attached hydrogens (tertiary/aromatic N) is 1. The molecule has 0 unspecified atom stereocenters. The van der Waals surface area contributed by atoms with Gasteiger partial charge in [-0.25, -0.2) is 9.38 Å². The minimum atomic E-state index is -0.166. The van der Waals surface area contributed by atoms with E-state index in [1.54, 1.807) is 13.2 Å². The van der Waals surface area contributed by atoms with E-state index in [9.17, 15) is 4.39 Å². The Hall–Kier alpha value is -2.40. The van der Waals surface area contributed by atoms with E-state index < -0.39 is 0 Å². The predicted octanol–water partition coefficient (Wildman–Crippen LogP) is 3.27. The van der Waals surface area contributed by atoms with Gasteiger partial charge in [0, 0.05) is 20.2 Å². The molecule has 2 aromatic rings. The summed E-state index contributed by atoms with van der Waals surface area (Å²) >= 11 is 0. The molecule has 25 heavy (non-hydrogen) atoms. The number of methoxy groups -OCH3 is 1. The number of halogens is 1. The van der Waals surface area contributed by atoms with Crippen LogP contribution in [0.15, 0.2) is 53.5 Å². The fraction of sp³-hybridized carbons (Fsp3) is 0.350. The van der Waals surface area contributed by atoms with Crippen molar-refractivity contribution < 1.29 is 9.13 Å². The summed E-state index contributed by atoms with van der Waals surface area (Å²) in [6.07, 6.45) is 0.612. The second kappa shape index (κ2) is 10.5. The Balaban J connectivity index is 1.91.